The van der Waals surface area contributed by atoms with E-state index < -0.39 is 5.60 Å². The average Bonchev–Trinajstić information content (AvgIpc) is 3.16. The Labute approximate surface area is 230 Å². The fraction of sp³-hybridized carbons (Fsp3) is 0.433. The smallest absolute Gasteiger partial charge is 0.338 e. The molecule has 0 N–H and O–H groups in total. The maximum atomic E-state index is 12.2. The van der Waals surface area contributed by atoms with Gasteiger partial charge in [0.05, 0.1) is 23.0 Å². The molecule has 0 radical (unpaired) electrons. The highest BCUT2D eigenvalue weighted by atomic mass is 16.6. The van der Waals surface area contributed by atoms with E-state index in [9.17, 15) is 4.79 Å². The van der Waals surface area contributed by atoms with Crippen LogP contribution in [0.5, 0.6) is 11.6 Å². The molecule has 9 nitrogen and oxygen atoms in total. The van der Waals surface area contributed by atoms with Crippen molar-refractivity contribution in [3.63, 3.8) is 0 Å². The van der Waals surface area contributed by atoms with Crippen molar-refractivity contribution < 1.29 is 19.1 Å². The number of hydrogen-bond acceptors (Lipinski definition) is 8. The maximum absolute atomic E-state index is 12.2. The van der Waals surface area contributed by atoms with Crippen LogP contribution in [0, 0.1) is 6.92 Å². The van der Waals surface area contributed by atoms with E-state index in [1.54, 1.807) is 10.9 Å². The summed E-state index contributed by atoms with van der Waals surface area (Å²) in [5.41, 5.74) is 2.90. The van der Waals surface area contributed by atoms with Crippen molar-refractivity contribution in [2.45, 2.75) is 39.8 Å². The highest BCUT2D eigenvalue weighted by molar-refractivity contribution is 5.89. The molecule has 1 fully saturated rings. The topological polar surface area (TPSA) is 81.4 Å². The number of rotatable bonds is 10. The number of benzene rings is 2. The van der Waals surface area contributed by atoms with Crippen LogP contribution in [0.1, 0.15) is 48.0 Å². The SMILES string of the molecule is Cc1nn(C)c(Oc2ccccc2)c1/C=N/OCCN1CCN(Cc2ccc(C(=O)OC(C)(C)C)cc2)CC1. The number of hydrogen-bond donors (Lipinski definition) is 0. The summed E-state index contributed by atoms with van der Waals surface area (Å²) in [5.74, 6) is 1.08. The molecule has 1 aliphatic rings. The monoisotopic (exact) mass is 533 g/mol. The average molecular weight is 534 g/mol. The van der Waals surface area contributed by atoms with Crippen LogP contribution in [0.2, 0.25) is 0 Å². The third-order valence-electron chi connectivity index (χ3n) is 6.39. The lowest BCUT2D eigenvalue weighted by Crippen LogP contribution is -2.46. The molecule has 0 spiro atoms. The van der Waals surface area contributed by atoms with Gasteiger partial charge in [0.2, 0.25) is 5.88 Å². The lowest BCUT2D eigenvalue weighted by molar-refractivity contribution is 0.00694. The molecule has 0 amide bonds. The van der Waals surface area contributed by atoms with Gasteiger partial charge in [-0.15, -0.1) is 0 Å². The molecule has 0 aliphatic carbocycles. The van der Waals surface area contributed by atoms with Crippen molar-refractivity contribution in [1.82, 2.24) is 19.6 Å². The van der Waals surface area contributed by atoms with Crippen LogP contribution in [0.4, 0.5) is 0 Å². The van der Waals surface area contributed by atoms with E-state index in [-0.39, 0.29) is 5.97 Å². The normalized spacial score (nSPS) is 15.0. The summed E-state index contributed by atoms with van der Waals surface area (Å²) in [6.07, 6.45) is 1.67. The number of para-hydroxylation sites is 1. The second-order valence-corrected chi connectivity index (χ2v) is 10.7. The fourth-order valence-electron chi connectivity index (χ4n) is 4.35. The summed E-state index contributed by atoms with van der Waals surface area (Å²) in [5, 5.41) is 8.64. The van der Waals surface area contributed by atoms with E-state index in [0.29, 0.717) is 18.1 Å². The van der Waals surface area contributed by atoms with E-state index in [2.05, 4.69) is 20.1 Å². The van der Waals surface area contributed by atoms with Crippen molar-refractivity contribution in [1.29, 1.82) is 0 Å². The van der Waals surface area contributed by atoms with Gasteiger partial charge in [0.25, 0.3) is 0 Å². The first-order valence-electron chi connectivity index (χ1n) is 13.4. The minimum Gasteiger partial charge on any atom is -0.456 e. The van der Waals surface area contributed by atoms with Crippen LogP contribution in [0.3, 0.4) is 0 Å². The van der Waals surface area contributed by atoms with Crippen LogP contribution >= 0.6 is 0 Å². The number of aromatic nitrogens is 2. The molecule has 1 aliphatic heterocycles. The number of ether oxygens (including phenoxy) is 2. The van der Waals surface area contributed by atoms with Crippen LogP contribution in [0.15, 0.2) is 59.8 Å². The predicted molar refractivity (Wildman–Crippen MR) is 151 cm³/mol. The van der Waals surface area contributed by atoms with Crippen molar-refractivity contribution in [3.8, 4) is 11.6 Å². The lowest BCUT2D eigenvalue weighted by atomic mass is 10.1. The molecule has 39 heavy (non-hydrogen) atoms. The second-order valence-electron chi connectivity index (χ2n) is 10.7. The number of oxime groups is 1. The largest absolute Gasteiger partial charge is 0.456 e. The molecule has 3 aromatic rings. The van der Waals surface area contributed by atoms with Gasteiger partial charge >= 0.3 is 5.97 Å². The standard InChI is InChI=1S/C30H39N5O4/c1-23-27(28(33(5)32-23)38-26-9-7-6-8-10-26)21-31-37-20-19-34-15-17-35(18-16-34)22-24-11-13-25(14-12-24)29(36)39-30(2,3)4/h6-14,21H,15-20,22H2,1-5H3/b31-21+. The van der Waals surface area contributed by atoms with E-state index in [1.807, 2.05) is 89.3 Å². The van der Waals surface area contributed by atoms with Crippen molar-refractivity contribution in [2.24, 2.45) is 12.2 Å². The second kappa shape index (κ2) is 12.9. The lowest BCUT2D eigenvalue weighted by Gasteiger charge is -2.34. The molecule has 0 unspecified atom stereocenters. The Morgan fingerprint density at radius 3 is 2.33 bits per heavy atom. The highest BCUT2D eigenvalue weighted by Gasteiger charge is 2.19. The summed E-state index contributed by atoms with van der Waals surface area (Å²) in [6.45, 7) is 13.6. The third kappa shape index (κ3) is 8.40. The minimum atomic E-state index is -0.494. The number of esters is 1. The van der Waals surface area contributed by atoms with E-state index in [1.165, 1.54) is 5.56 Å². The molecule has 0 bridgehead atoms. The van der Waals surface area contributed by atoms with Gasteiger partial charge in [-0.1, -0.05) is 35.5 Å². The maximum Gasteiger partial charge on any atom is 0.338 e. The number of aryl methyl sites for hydroxylation is 2. The summed E-state index contributed by atoms with van der Waals surface area (Å²) < 4.78 is 13.2. The number of piperazine rings is 1. The van der Waals surface area contributed by atoms with Gasteiger partial charge in [0.15, 0.2) is 0 Å². The Balaban J connectivity index is 1.18. The Morgan fingerprint density at radius 2 is 1.67 bits per heavy atom. The quantitative estimate of drug-likeness (QED) is 0.162. The van der Waals surface area contributed by atoms with Crippen LogP contribution in [0.25, 0.3) is 0 Å². The number of carbonyl (C=O) groups excluding carboxylic acids is 1. The zero-order valence-corrected chi connectivity index (χ0v) is 23.6. The molecular weight excluding hydrogens is 494 g/mol. The minimum absolute atomic E-state index is 0.286. The Kier molecular flexibility index (Phi) is 9.37. The first-order chi connectivity index (χ1) is 18.7. The van der Waals surface area contributed by atoms with Crippen molar-refractivity contribution in [3.05, 3.63) is 77.0 Å². The van der Waals surface area contributed by atoms with Crippen molar-refractivity contribution in [2.75, 3.05) is 39.3 Å². The molecule has 1 aromatic heterocycles. The molecule has 2 heterocycles. The van der Waals surface area contributed by atoms with Gasteiger partial charge in [0, 0.05) is 46.3 Å². The molecule has 9 heteroatoms. The Morgan fingerprint density at radius 1 is 1.00 bits per heavy atom. The Hall–Kier alpha value is -3.69. The molecular formula is C30H39N5O4. The van der Waals surface area contributed by atoms with E-state index in [4.69, 9.17) is 14.3 Å². The predicted octanol–water partition coefficient (Wildman–Crippen LogP) is 4.64. The zero-order chi connectivity index (χ0) is 27.8. The van der Waals surface area contributed by atoms with E-state index in [0.717, 1.165) is 56.3 Å². The van der Waals surface area contributed by atoms with Gasteiger partial charge in [-0.05, 0) is 57.5 Å². The first-order valence-corrected chi connectivity index (χ1v) is 13.4. The summed E-state index contributed by atoms with van der Waals surface area (Å²) in [4.78, 5) is 22.6. The van der Waals surface area contributed by atoms with E-state index >= 15 is 0 Å². The third-order valence-corrected chi connectivity index (χ3v) is 6.39. The van der Waals surface area contributed by atoms with Gasteiger partial charge in [0.1, 0.15) is 18.0 Å². The summed E-state index contributed by atoms with van der Waals surface area (Å²) >= 11 is 0. The first kappa shape index (κ1) is 28.3. The Bertz CT molecular complexity index is 1240. The molecule has 0 saturated carbocycles. The van der Waals surface area contributed by atoms with Gasteiger partial charge in [-0.2, -0.15) is 5.10 Å². The van der Waals surface area contributed by atoms with Crippen LogP contribution < -0.4 is 4.74 Å². The van der Waals surface area contributed by atoms with Crippen LogP contribution in [-0.2, 0) is 23.2 Å². The number of carbonyl (C=O) groups is 1. The van der Waals surface area contributed by atoms with Gasteiger partial charge in [-0.25, -0.2) is 9.48 Å². The van der Waals surface area contributed by atoms with Crippen molar-refractivity contribution >= 4 is 12.2 Å². The van der Waals surface area contributed by atoms with Gasteiger partial charge in [-0.3, -0.25) is 9.80 Å². The van der Waals surface area contributed by atoms with Gasteiger partial charge < -0.3 is 14.3 Å². The molecule has 208 valence electrons. The molecule has 2 aromatic carbocycles. The summed E-state index contributed by atoms with van der Waals surface area (Å²) in [7, 11) is 1.85. The summed E-state index contributed by atoms with van der Waals surface area (Å²) in [6, 6.07) is 17.3. The molecule has 0 atom stereocenters. The fourth-order valence-corrected chi connectivity index (χ4v) is 4.35. The highest BCUT2D eigenvalue weighted by Crippen LogP contribution is 2.25. The zero-order valence-electron chi connectivity index (χ0n) is 23.6. The molecule has 1 saturated heterocycles. The molecule has 4 rings (SSSR count). The van der Waals surface area contributed by atoms with Crippen LogP contribution in [-0.4, -0.2) is 76.7 Å². The number of nitrogens with zero attached hydrogens (tertiary/aromatic N) is 5.